The number of hydrogen-bond acceptors (Lipinski definition) is 4. The van der Waals surface area contributed by atoms with Crippen LogP contribution in [0.3, 0.4) is 0 Å². The SMILES string of the molecule is CCCCOC(C)(OCCCC)C(=O)O[Si]. The molecule has 0 amide bonds. The van der Waals surface area contributed by atoms with Crippen LogP contribution < -0.4 is 0 Å². The van der Waals surface area contributed by atoms with E-state index in [0.29, 0.717) is 13.2 Å². The number of ether oxygens (including phenoxy) is 2. The van der Waals surface area contributed by atoms with E-state index in [-0.39, 0.29) is 0 Å². The Kier molecular flexibility index (Phi) is 8.51. The Morgan fingerprint density at radius 2 is 1.56 bits per heavy atom. The van der Waals surface area contributed by atoms with E-state index in [1.165, 1.54) is 0 Å². The van der Waals surface area contributed by atoms with Crippen LogP contribution >= 0.6 is 0 Å². The Morgan fingerprint density at radius 3 is 1.88 bits per heavy atom. The highest BCUT2D eigenvalue weighted by Gasteiger charge is 2.36. The van der Waals surface area contributed by atoms with Crippen molar-refractivity contribution in [1.29, 1.82) is 0 Å². The molecule has 93 valence electrons. The molecule has 0 fully saturated rings. The highest BCUT2D eigenvalue weighted by Crippen LogP contribution is 2.16. The maximum atomic E-state index is 11.5. The lowest BCUT2D eigenvalue weighted by molar-refractivity contribution is -0.234. The average molecular weight is 245 g/mol. The predicted molar refractivity (Wildman–Crippen MR) is 62.0 cm³/mol. The topological polar surface area (TPSA) is 44.8 Å². The summed E-state index contributed by atoms with van der Waals surface area (Å²) in [7, 11) is 2.71. The van der Waals surface area contributed by atoms with Gasteiger partial charge < -0.3 is 13.9 Å². The van der Waals surface area contributed by atoms with Crippen LogP contribution in [-0.4, -0.2) is 35.5 Å². The van der Waals surface area contributed by atoms with Crippen molar-refractivity contribution in [1.82, 2.24) is 0 Å². The molecular formula is C11H21O4Si. The molecule has 0 unspecified atom stereocenters. The molecule has 0 saturated carbocycles. The second-order valence-electron chi connectivity index (χ2n) is 3.74. The number of carbonyl (C=O) groups excluding carboxylic acids is 1. The van der Waals surface area contributed by atoms with Gasteiger partial charge in [0, 0.05) is 6.92 Å². The number of hydrogen-bond donors (Lipinski definition) is 0. The first-order valence-electron chi connectivity index (χ1n) is 5.76. The maximum absolute atomic E-state index is 11.5. The molecule has 0 aliphatic rings. The summed E-state index contributed by atoms with van der Waals surface area (Å²) in [5, 5.41) is 0. The van der Waals surface area contributed by atoms with Gasteiger partial charge in [-0.1, -0.05) is 26.7 Å². The zero-order chi connectivity index (χ0) is 12.4. The molecule has 4 nitrogen and oxygen atoms in total. The number of carbonyl (C=O) groups is 1. The van der Waals surface area contributed by atoms with Gasteiger partial charge in [0.25, 0.3) is 5.79 Å². The van der Waals surface area contributed by atoms with Crippen molar-refractivity contribution >= 4 is 16.5 Å². The summed E-state index contributed by atoms with van der Waals surface area (Å²) in [4.78, 5) is 11.5. The molecule has 0 bridgehead atoms. The average Bonchev–Trinajstić information content (AvgIpc) is 2.28. The Morgan fingerprint density at radius 1 is 1.12 bits per heavy atom. The Balaban J connectivity index is 4.19. The van der Waals surface area contributed by atoms with Crippen molar-refractivity contribution in [3.8, 4) is 0 Å². The van der Waals surface area contributed by atoms with E-state index in [1.807, 2.05) is 0 Å². The van der Waals surface area contributed by atoms with Crippen molar-refractivity contribution in [3.63, 3.8) is 0 Å². The van der Waals surface area contributed by atoms with Crippen molar-refractivity contribution < 1.29 is 18.7 Å². The van der Waals surface area contributed by atoms with Crippen LogP contribution in [0.25, 0.3) is 0 Å². The molecule has 0 aliphatic carbocycles. The summed E-state index contributed by atoms with van der Waals surface area (Å²) in [6, 6.07) is 0. The summed E-state index contributed by atoms with van der Waals surface area (Å²) in [6.07, 6.45) is 3.80. The van der Waals surface area contributed by atoms with Crippen LogP contribution in [0.15, 0.2) is 0 Å². The zero-order valence-electron chi connectivity index (χ0n) is 10.4. The van der Waals surface area contributed by atoms with Crippen LogP contribution in [0, 0.1) is 0 Å². The van der Waals surface area contributed by atoms with E-state index in [4.69, 9.17) is 9.47 Å². The van der Waals surface area contributed by atoms with Gasteiger partial charge >= 0.3 is 16.5 Å². The molecule has 0 atom stereocenters. The molecule has 0 rings (SSSR count). The van der Waals surface area contributed by atoms with Crippen LogP contribution in [0.5, 0.6) is 0 Å². The minimum atomic E-state index is -1.30. The standard InChI is InChI=1S/C11H21O4Si/c1-4-6-8-13-11(3,10(12)15-16)14-9-7-5-2/h4-9H2,1-3H3. The highest BCUT2D eigenvalue weighted by molar-refractivity contribution is 6.06. The van der Waals surface area contributed by atoms with Gasteiger partial charge in [-0.25, -0.2) is 4.79 Å². The fourth-order valence-corrected chi connectivity index (χ4v) is 1.26. The molecule has 0 saturated heterocycles. The van der Waals surface area contributed by atoms with Gasteiger partial charge in [0.2, 0.25) is 0 Å². The largest absolute Gasteiger partial charge is 0.512 e. The van der Waals surface area contributed by atoms with E-state index < -0.39 is 11.8 Å². The summed E-state index contributed by atoms with van der Waals surface area (Å²) in [5.41, 5.74) is 0. The minimum absolute atomic E-state index is 0.487. The molecule has 0 aromatic carbocycles. The minimum Gasteiger partial charge on any atom is -0.512 e. The highest BCUT2D eigenvalue weighted by atomic mass is 28.2. The first-order valence-corrected chi connectivity index (χ1v) is 6.17. The van der Waals surface area contributed by atoms with E-state index in [1.54, 1.807) is 6.92 Å². The summed E-state index contributed by atoms with van der Waals surface area (Å²) < 4.78 is 15.4. The number of unbranched alkanes of at least 4 members (excludes halogenated alkanes) is 2. The Hall–Kier alpha value is -0.393. The normalized spacial score (nSPS) is 11.5. The lowest BCUT2D eigenvalue weighted by Gasteiger charge is -2.27. The van der Waals surface area contributed by atoms with Gasteiger partial charge in [-0.3, -0.25) is 0 Å². The first kappa shape index (κ1) is 15.6. The quantitative estimate of drug-likeness (QED) is 0.354. The van der Waals surface area contributed by atoms with Crippen molar-refractivity contribution in [3.05, 3.63) is 0 Å². The van der Waals surface area contributed by atoms with Crippen LogP contribution in [0.2, 0.25) is 0 Å². The first-order chi connectivity index (χ1) is 7.60. The lowest BCUT2D eigenvalue weighted by atomic mass is 10.3. The van der Waals surface area contributed by atoms with Crippen LogP contribution in [-0.2, 0) is 18.7 Å². The molecule has 0 aromatic heterocycles. The second-order valence-corrected chi connectivity index (χ2v) is 3.94. The predicted octanol–water partition coefficient (Wildman–Crippen LogP) is 1.96. The van der Waals surface area contributed by atoms with Gasteiger partial charge in [-0.15, -0.1) is 0 Å². The second kappa shape index (κ2) is 8.72. The Labute approximate surface area is 101 Å². The third-order valence-corrected chi connectivity index (χ3v) is 2.40. The van der Waals surface area contributed by atoms with Crippen LogP contribution in [0.1, 0.15) is 46.5 Å². The van der Waals surface area contributed by atoms with E-state index in [9.17, 15) is 4.79 Å². The molecular weight excluding hydrogens is 224 g/mol. The maximum Gasteiger partial charge on any atom is 0.353 e. The van der Waals surface area contributed by atoms with Crippen LogP contribution in [0.4, 0.5) is 0 Å². The zero-order valence-corrected chi connectivity index (χ0v) is 11.4. The molecule has 0 heterocycles. The third kappa shape index (κ3) is 5.63. The fourth-order valence-electron chi connectivity index (χ4n) is 1.07. The lowest BCUT2D eigenvalue weighted by Crippen LogP contribution is -2.43. The van der Waals surface area contributed by atoms with Crippen molar-refractivity contribution in [2.75, 3.05) is 13.2 Å². The fraction of sp³-hybridized carbons (Fsp3) is 0.909. The van der Waals surface area contributed by atoms with E-state index >= 15 is 0 Å². The Bertz CT molecular complexity index is 186. The van der Waals surface area contributed by atoms with Gasteiger partial charge in [0.15, 0.2) is 0 Å². The molecule has 0 spiro atoms. The van der Waals surface area contributed by atoms with Gasteiger partial charge in [-0.2, -0.15) is 0 Å². The summed E-state index contributed by atoms with van der Waals surface area (Å²) in [6.45, 7) is 6.67. The van der Waals surface area contributed by atoms with Gasteiger partial charge in [0.1, 0.15) is 0 Å². The van der Waals surface area contributed by atoms with E-state index in [2.05, 4.69) is 28.8 Å². The van der Waals surface area contributed by atoms with Crippen molar-refractivity contribution in [2.24, 2.45) is 0 Å². The number of rotatable bonds is 9. The smallest absolute Gasteiger partial charge is 0.353 e. The molecule has 0 aliphatic heterocycles. The molecule has 3 radical (unpaired) electrons. The molecule has 5 heteroatoms. The summed E-state index contributed by atoms with van der Waals surface area (Å²) >= 11 is 0. The molecule has 16 heavy (non-hydrogen) atoms. The summed E-state index contributed by atoms with van der Waals surface area (Å²) in [5.74, 6) is -1.86. The van der Waals surface area contributed by atoms with Gasteiger partial charge in [0.05, 0.1) is 13.2 Å². The third-order valence-electron chi connectivity index (χ3n) is 2.21. The van der Waals surface area contributed by atoms with Gasteiger partial charge in [-0.05, 0) is 12.8 Å². The van der Waals surface area contributed by atoms with Crippen molar-refractivity contribution in [2.45, 2.75) is 52.2 Å². The van der Waals surface area contributed by atoms with E-state index in [0.717, 1.165) is 25.7 Å². The molecule has 0 aromatic rings. The monoisotopic (exact) mass is 245 g/mol. The molecule has 0 N–H and O–H groups in total.